The Kier molecular flexibility index (Phi) is 7.04. The lowest BCUT2D eigenvalue weighted by atomic mass is 10.1. The van der Waals surface area contributed by atoms with Gasteiger partial charge in [0.2, 0.25) is 0 Å². The van der Waals surface area contributed by atoms with Crippen LogP contribution in [0.15, 0.2) is 83.1 Å². The number of nitrogens with one attached hydrogen (secondary N) is 1. The van der Waals surface area contributed by atoms with Crippen LogP contribution in [0, 0.1) is 0 Å². The van der Waals surface area contributed by atoms with Crippen molar-refractivity contribution in [3.05, 3.63) is 83.7 Å². The van der Waals surface area contributed by atoms with Gasteiger partial charge in [-0.25, -0.2) is 13.4 Å². The number of hydrogen-bond donors (Lipinski definition) is 1. The Balaban J connectivity index is 1.56. The minimum Gasteiger partial charge on any atom is -0.497 e. The van der Waals surface area contributed by atoms with E-state index in [1.807, 2.05) is 6.07 Å². The first-order chi connectivity index (χ1) is 16.8. The highest BCUT2D eigenvalue weighted by atomic mass is 32.2. The Morgan fingerprint density at radius 2 is 1.74 bits per heavy atom. The number of sulfonamides is 1. The molecule has 1 amide bonds. The molecule has 8 nitrogen and oxygen atoms in total. The van der Waals surface area contributed by atoms with E-state index in [4.69, 9.17) is 9.47 Å². The topological polar surface area (TPSA) is 97.8 Å². The summed E-state index contributed by atoms with van der Waals surface area (Å²) in [4.78, 5) is 17.4. The number of amides is 1. The van der Waals surface area contributed by atoms with Gasteiger partial charge in [-0.15, -0.1) is 11.3 Å². The van der Waals surface area contributed by atoms with Crippen LogP contribution in [-0.4, -0.2) is 40.6 Å². The zero-order valence-electron chi connectivity index (χ0n) is 19.3. The summed E-state index contributed by atoms with van der Waals surface area (Å²) in [6.07, 6.45) is 0. The highest BCUT2D eigenvalue weighted by Gasteiger charge is 2.22. The molecule has 0 bridgehead atoms. The van der Waals surface area contributed by atoms with Gasteiger partial charge in [0, 0.05) is 23.6 Å². The fraction of sp³-hybridized carbons (Fsp3) is 0.120. The Morgan fingerprint density at radius 3 is 2.46 bits per heavy atom. The summed E-state index contributed by atoms with van der Waals surface area (Å²) in [5, 5.41) is 4.90. The van der Waals surface area contributed by atoms with E-state index in [9.17, 15) is 13.2 Å². The van der Waals surface area contributed by atoms with Gasteiger partial charge in [-0.1, -0.05) is 24.3 Å². The normalized spacial score (nSPS) is 11.1. The number of carbonyl (C=O) groups excluding carboxylic acids is 1. The van der Waals surface area contributed by atoms with E-state index in [0.29, 0.717) is 28.0 Å². The van der Waals surface area contributed by atoms with Crippen molar-refractivity contribution in [2.45, 2.75) is 4.90 Å². The summed E-state index contributed by atoms with van der Waals surface area (Å²) in [6.45, 7) is 0. The van der Waals surface area contributed by atoms with E-state index in [0.717, 1.165) is 5.56 Å². The number of rotatable bonds is 8. The molecule has 1 aromatic heterocycles. The number of thiazole rings is 1. The quantitative estimate of drug-likeness (QED) is 0.363. The summed E-state index contributed by atoms with van der Waals surface area (Å²) in [5.74, 6) is 0.801. The smallest absolute Gasteiger partial charge is 0.264 e. The first-order valence-electron chi connectivity index (χ1n) is 10.5. The number of para-hydroxylation sites is 1. The molecule has 4 rings (SSSR count). The fourth-order valence-corrected chi connectivity index (χ4v) is 5.32. The standard InChI is InChI=1S/C25H23N3O5S2/c1-28(18-9-5-4-6-10-18)35(30,31)20-11-7-8-17(14-20)24(29)27-25-26-22(16-34-25)21-15-19(32-2)12-13-23(21)33-3/h4-16H,1-3H3,(H,26,27,29). The third kappa shape index (κ3) is 5.13. The molecule has 10 heteroatoms. The minimum atomic E-state index is -3.85. The van der Waals surface area contributed by atoms with Crippen LogP contribution in [0.4, 0.5) is 10.8 Å². The van der Waals surface area contributed by atoms with E-state index in [1.165, 1.54) is 40.9 Å². The fourth-order valence-electron chi connectivity index (χ4n) is 3.37. The molecule has 0 fully saturated rings. The lowest BCUT2D eigenvalue weighted by molar-refractivity contribution is 0.102. The number of anilines is 2. The number of ether oxygens (including phenoxy) is 2. The second-order valence-corrected chi connectivity index (χ2v) is 10.2. The summed E-state index contributed by atoms with van der Waals surface area (Å²) < 4.78 is 38.1. The van der Waals surface area contributed by atoms with Gasteiger partial charge < -0.3 is 9.47 Å². The summed E-state index contributed by atoms with van der Waals surface area (Å²) in [5.41, 5.74) is 2.05. The summed E-state index contributed by atoms with van der Waals surface area (Å²) >= 11 is 1.25. The monoisotopic (exact) mass is 509 g/mol. The number of aromatic nitrogens is 1. The van der Waals surface area contributed by atoms with Crippen LogP contribution < -0.4 is 19.1 Å². The molecule has 0 aliphatic carbocycles. The number of methoxy groups -OCH3 is 2. The molecule has 0 spiro atoms. The van der Waals surface area contributed by atoms with Crippen LogP contribution in [0.5, 0.6) is 11.5 Å². The van der Waals surface area contributed by atoms with Crippen molar-refractivity contribution < 1.29 is 22.7 Å². The van der Waals surface area contributed by atoms with Crippen LogP contribution in [-0.2, 0) is 10.0 Å². The Bertz CT molecular complexity index is 1450. The average Bonchev–Trinajstić information content (AvgIpc) is 3.36. The maximum atomic E-state index is 13.1. The first kappa shape index (κ1) is 24.2. The van der Waals surface area contributed by atoms with Gasteiger partial charge in [-0.3, -0.25) is 14.4 Å². The molecule has 35 heavy (non-hydrogen) atoms. The molecule has 0 atom stereocenters. The molecule has 4 aromatic rings. The largest absolute Gasteiger partial charge is 0.497 e. The van der Waals surface area contributed by atoms with Crippen LogP contribution in [0.25, 0.3) is 11.3 Å². The molecule has 3 aromatic carbocycles. The summed E-state index contributed by atoms with van der Waals surface area (Å²) in [6, 6.07) is 20.0. The predicted octanol–water partition coefficient (Wildman–Crippen LogP) is 4.90. The van der Waals surface area contributed by atoms with Crippen molar-refractivity contribution >= 4 is 38.1 Å². The molecular weight excluding hydrogens is 486 g/mol. The molecule has 0 saturated heterocycles. The van der Waals surface area contributed by atoms with E-state index in [-0.39, 0.29) is 10.5 Å². The second kappa shape index (κ2) is 10.2. The van der Waals surface area contributed by atoms with Gasteiger partial charge in [0.25, 0.3) is 15.9 Å². The molecule has 1 heterocycles. The lowest BCUT2D eigenvalue weighted by Crippen LogP contribution is -2.26. The zero-order valence-corrected chi connectivity index (χ0v) is 20.9. The number of nitrogens with zero attached hydrogens (tertiary/aromatic N) is 2. The number of hydrogen-bond acceptors (Lipinski definition) is 7. The third-order valence-electron chi connectivity index (χ3n) is 5.28. The van der Waals surface area contributed by atoms with E-state index >= 15 is 0 Å². The molecule has 0 radical (unpaired) electrons. The van der Waals surface area contributed by atoms with Crippen LogP contribution in [0.1, 0.15) is 10.4 Å². The Hall–Kier alpha value is -3.89. The molecular formula is C25H23N3O5S2. The predicted molar refractivity (Wildman–Crippen MR) is 137 cm³/mol. The van der Waals surface area contributed by atoms with E-state index in [1.54, 1.807) is 68.1 Å². The van der Waals surface area contributed by atoms with Crippen molar-refractivity contribution in [3.8, 4) is 22.8 Å². The van der Waals surface area contributed by atoms with Crippen molar-refractivity contribution in [3.63, 3.8) is 0 Å². The van der Waals surface area contributed by atoms with Gasteiger partial charge >= 0.3 is 0 Å². The molecule has 0 unspecified atom stereocenters. The zero-order chi connectivity index (χ0) is 25.0. The number of carbonyl (C=O) groups is 1. The van der Waals surface area contributed by atoms with Crippen molar-refractivity contribution in [2.24, 2.45) is 0 Å². The van der Waals surface area contributed by atoms with Crippen molar-refractivity contribution in [2.75, 3.05) is 30.9 Å². The van der Waals surface area contributed by atoms with Gasteiger partial charge in [0.15, 0.2) is 5.13 Å². The molecule has 0 saturated carbocycles. The third-order valence-corrected chi connectivity index (χ3v) is 7.82. The van der Waals surface area contributed by atoms with Crippen LogP contribution in [0.2, 0.25) is 0 Å². The van der Waals surface area contributed by atoms with Crippen molar-refractivity contribution in [1.29, 1.82) is 0 Å². The average molecular weight is 510 g/mol. The first-order valence-corrected chi connectivity index (χ1v) is 12.8. The highest BCUT2D eigenvalue weighted by Crippen LogP contribution is 2.35. The maximum Gasteiger partial charge on any atom is 0.264 e. The van der Waals surface area contributed by atoms with Gasteiger partial charge in [-0.2, -0.15) is 0 Å². The lowest BCUT2D eigenvalue weighted by Gasteiger charge is -2.19. The van der Waals surface area contributed by atoms with E-state index < -0.39 is 15.9 Å². The SMILES string of the molecule is COc1ccc(OC)c(-c2csc(NC(=O)c3cccc(S(=O)(=O)N(C)c4ccccc4)c3)n2)c1. The van der Waals surface area contributed by atoms with Crippen LogP contribution in [0.3, 0.4) is 0 Å². The van der Waals surface area contributed by atoms with Gasteiger partial charge in [0.1, 0.15) is 11.5 Å². The maximum absolute atomic E-state index is 13.1. The molecule has 180 valence electrons. The van der Waals surface area contributed by atoms with Gasteiger partial charge in [0.05, 0.1) is 30.5 Å². The molecule has 1 N–H and O–H groups in total. The molecule has 0 aliphatic heterocycles. The molecule has 0 aliphatic rings. The van der Waals surface area contributed by atoms with Crippen LogP contribution >= 0.6 is 11.3 Å². The van der Waals surface area contributed by atoms with E-state index in [2.05, 4.69) is 10.3 Å². The Morgan fingerprint density at radius 1 is 0.971 bits per heavy atom. The highest BCUT2D eigenvalue weighted by molar-refractivity contribution is 7.92. The summed E-state index contributed by atoms with van der Waals surface area (Å²) in [7, 11) is 0.761. The number of benzene rings is 3. The Labute approximate surface area is 207 Å². The second-order valence-electron chi connectivity index (χ2n) is 7.39. The van der Waals surface area contributed by atoms with Crippen molar-refractivity contribution in [1.82, 2.24) is 4.98 Å². The minimum absolute atomic E-state index is 0.0115. The van der Waals surface area contributed by atoms with Gasteiger partial charge in [-0.05, 0) is 48.5 Å².